The van der Waals surface area contributed by atoms with Gasteiger partial charge in [0.05, 0.1) is 5.69 Å². The molecule has 1 fully saturated rings. The fraction of sp³-hybridized carbons (Fsp3) is 0.200. The summed E-state index contributed by atoms with van der Waals surface area (Å²) in [6, 6.07) is 18.7. The lowest BCUT2D eigenvalue weighted by Crippen LogP contribution is -2.48. The lowest BCUT2D eigenvalue weighted by molar-refractivity contribution is 0.0747. The molecule has 0 atom stereocenters. The monoisotopic (exact) mass is 375 g/mol. The SMILES string of the molecule is N#C/C(=N\Nc1ccc(N2CCN(C(=O)c3ccccc3)CC2)cc1)C(=N)N. The maximum Gasteiger partial charge on any atom is 0.253 e. The number of hydrogen-bond donors (Lipinski definition) is 3. The highest BCUT2D eigenvalue weighted by atomic mass is 16.2. The molecule has 0 bridgehead atoms. The Hall–Kier alpha value is -3.86. The van der Waals surface area contributed by atoms with Crippen molar-refractivity contribution in [1.29, 1.82) is 10.7 Å². The molecular formula is C20H21N7O. The summed E-state index contributed by atoms with van der Waals surface area (Å²) in [7, 11) is 0. The molecule has 142 valence electrons. The first-order valence-corrected chi connectivity index (χ1v) is 8.86. The van der Waals surface area contributed by atoms with Gasteiger partial charge in [0.25, 0.3) is 5.91 Å². The number of nitriles is 1. The van der Waals surface area contributed by atoms with Gasteiger partial charge in [-0.2, -0.15) is 10.4 Å². The summed E-state index contributed by atoms with van der Waals surface area (Å²) >= 11 is 0. The van der Waals surface area contributed by atoms with E-state index in [9.17, 15) is 4.79 Å². The average molecular weight is 375 g/mol. The van der Waals surface area contributed by atoms with Gasteiger partial charge >= 0.3 is 0 Å². The highest BCUT2D eigenvalue weighted by Crippen LogP contribution is 2.20. The molecule has 0 aliphatic carbocycles. The number of carbonyl (C=O) groups is 1. The zero-order chi connectivity index (χ0) is 19.9. The van der Waals surface area contributed by atoms with Gasteiger partial charge in [-0.05, 0) is 36.4 Å². The number of rotatable bonds is 5. The zero-order valence-corrected chi connectivity index (χ0v) is 15.3. The quantitative estimate of drug-likeness (QED) is 0.418. The summed E-state index contributed by atoms with van der Waals surface area (Å²) in [4.78, 5) is 16.6. The summed E-state index contributed by atoms with van der Waals surface area (Å²) < 4.78 is 0. The van der Waals surface area contributed by atoms with Crippen LogP contribution in [0.1, 0.15) is 10.4 Å². The van der Waals surface area contributed by atoms with E-state index in [-0.39, 0.29) is 17.5 Å². The number of piperazine rings is 1. The summed E-state index contributed by atoms with van der Waals surface area (Å²) in [5, 5.41) is 19.9. The third-order valence-corrected chi connectivity index (χ3v) is 4.48. The van der Waals surface area contributed by atoms with Gasteiger partial charge in [0.15, 0.2) is 5.84 Å². The van der Waals surface area contributed by atoms with Gasteiger partial charge in [-0.15, -0.1) is 0 Å². The number of nitrogens with two attached hydrogens (primary N) is 1. The second-order valence-electron chi connectivity index (χ2n) is 6.29. The Kier molecular flexibility index (Phi) is 5.87. The molecule has 1 aliphatic heterocycles. The van der Waals surface area contributed by atoms with Crippen LogP contribution in [0.4, 0.5) is 11.4 Å². The Morgan fingerprint density at radius 1 is 1.07 bits per heavy atom. The van der Waals surface area contributed by atoms with Crippen molar-refractivity contribution in [3.8, 4) is 6.07 Å². The summed E-state index contributed by atoms with van der Waals surface area (Å²) in [5.74, 6) is -0.314. The standard InChI is InChI=1S/C20H21N7O/c21-14-18(19(22)23)25-24-16-6-8-17(9-7-16)26-10-12-27(13-11-26)20(28)15-4-2-1-3-5-15/h1-9,24H,10-13H2,(H3,22,23)/b25-18+. The van der Waals surface area contributed by atoms with Crippen LogP contribution in [0.5, 0.6) is 0 Å². The first-order chi connectivity index (χ1) is 13.6. The van der Waals surface area contributed by atoms with E-state index in [4.69, 9.17) is 16.4 Å². The molecule has 0 radical (unpaired) electrons. The van der Waals surface area contributed by atoms with Gasteiger partial charge < -0.3 is 15.5 Å². The normalized spacial score (nSPS) is 14.3. The third kappa shape index (κ3) is 4.45. The van der Waals surface area contributed by atoms with E-state index in [1.165, 1.54) is 0 Å². The predicted octanol–water partition coefficient (Wildman–Crippen LogP) is 1.88. The van der Waals surface area contributed by atoms with Gasteiger partial charge in [-0.25, -0.2) is 0 Å². The van der Waals surface area contributed by atoms with Crippen LogP contribution in [0, 0.1) is 16.7 Å². The van der Waals surface area contributed by atoms with E-state index in [2.05, 4.69) is 15.4 Å². The van der Waals surface area contributed by atoms with Crippen LogP contribution in [0.25, 0.3) is 0 Å². The molecule has 0 unspecified atom stereocenters. The van der Waals surface area contributed by atoms with Crippen molar-refractivity contribution in [3.05, 3.63) is 60.2 Å². The van der Waals surface area contributed by atoms with Gasteiger partial charge in [-0.3, -0.25) is 15.6 Å². The van der Waals surface area contributed by atoms with Gasteiger partial charge in [-0.1, -0.05) is 18.2 Å². The lowest BCUT2D eigenvalue weighted by atomic mass is 10.1. The number of hydrogen-bond acceptors (Lipinski definition) is 6. The molecular weight excluding hydrogens is 354 g/mol. The number of nitrogens with one attached hydrogen (secondary N) is 2. The minimum absolute atomic E-state index is 0.0661. The van der Waals surface area contributed by atoms with Crippen LogP contribution in [0.2, 0.25) is 0 Å². The molecule has 1 saturated heterocycles. The molecule has 2 aromatic rings. The van der Waals surface area contributed by atoms with Crippen LogP contribution >= 0.6 is 0 Å². The maximum atomic E-state index is 12.5. The zero-order valence-electron chi connectivity index (χ0n) is 15.3. The van der Waals surface area contributed by atoms with Crippen molar-refractivity contribution in [1.82, 2.24) is 4.90 Å². The molecule has 0 aromatic heterocycles. The molecule has 8 heteroatoms. The topological polar surface area (TPSA) is 122 Å². The number of anilines is 2. The molecule has 2 aromatic carbocycles. The van der Waals surface area contributed by atoms with Crippen molar-refractivity contribution in [3.63, 3.8) is 0 Å². The van der Waals surface area contributed by atoms with Crippen LogP contribution in [0.15, 0.2) is 59.7 Å². The lowest BCUT2D eigenvalue weighted by Gasteiger charge is -2.36. The minimum Gasteiger partial charge on any atom is -0.382 e. The Balaban J connectivity index is 1.57. The smallest absolute Gasteiger partial charge is 0.253 e. The fourth-order valence-electron chi connectivity index (χ4n) is 2.94. The molecule has 3 rings (SSSR count). The number of amides is 1. The van der Waals surface area contributed by atoms with Crippen molar-refractivity contribution < 1.29 is 4.79 Å². The van der Waals surface area contributed by atoms with E-state index >= 15 is 0 Å². The van der Waals surface area contributed by atoms with Crippen LogP contribution in [-0.2, 0) is 0 Å². The summed E-state index contributed by atoms with van der Waals surface area (Å²) in [5.41, 5.74) is 10.3. The largest absolute Gasteiger partial charge is 0.382 e. The van der Waals surface area contributed by atoms with Crippen LogP contribution in [0.3, 0.4) is 0 Å². The summed E-state index contributed by atoms with van der Waals surface area (Å²) in [6.45, 7) is 2.85. The van der Waals surface area contributed by atoms with E-state index in [1.54, 1.807) is 6.07 Å². The molecule has 28 heavy (non-hydrogen) atoms. The number of benzene rings is 2. The number of hydrazone groups is 1. The summed E-state index contributed by atoms with van der Waals surface area (Å²) in [6.07, 6.45) is 0. The van der Waals surface area contributed by atoms with Gasteiger partial charge in [0, 0.05) is 37.4 Å². The van der Waals surface area contributed by atoms with Gasteiger partial charge in [0.1, 0.15) is 6.07 Å². The van der Waals surface area contributed by atoms with Crippen LogP contribution < -0.4 is 16.1 Å². The third-order valence-electron chi connectivity index (χ3n) is 4.48. The molecule has 1 aliphatic rings. The molecule has 0 saturated carbocycles. The first kappa shape index (κ1) is 18.9. The molecule has 0 spiro atoms. The second-order valence-corrected chi connectivity index (χ2v) is 6.29. The van der Waals surface area contributed by atoms with Gasteiger partial charge in [0.2, 0.25) is 5.71 Å². The number of nitrogens with zero attached hydrogens (tertiary/aromatic N) is 4. The van der Waals surface area contributed by atoms with E-state index < -0.39 is 0 Å². The minimum atomic E-state index is -0.380. The fourth-order valence-corrected chi connectivity index (χ4v) is 2.94. The van der Waals surface area contributed by atoms with Crippen molar-refractivity contribution >= 4 is 28.8 Å². The number of carbonyl (C=O) groups excluding carboxylic acids is 1. The van der Waals surface area contributed by atoms with E-state index in [1.807, 2.05) is 59.5 Å². The molecule has 1 amide bonds. The first-order valence-electron chi connectivity index (χ1n) is 8.86. The second kappa shape index (κ2) is 8.68. The predicted molar refractivity (Wildman–Crippen MR) is 110 cm³/mol. The van der Waals surface area contributed by atoms with Crippen molar-refractivity contribution in [2.75, 3.05) is 36.5 Å². The van der Waals surface area contributed by atoms with Crippen molar-refractivity contribution in [2.45, 2.75) is 0 Å². The van der Waals surface area contributed by atoms with Crippen LogP contribution in [-0.4, -0.2) is 48.5 Å². The number of amidine groups is 1. The Labute approximate surface area is 163 Å². The molecule has 8 nitrogen and oxygen atoms in total. The molecule has 1 heterocycles. The Bertz CT molecular complexity index is 908. The maximum absolute atomic E-state index is 12.5. The Morgan fingerprint density at radius 2 is 1.71 bits per heavy atom. The van der Waals surface area contributed by atoms with E-state index in [0.29, 0.717) is 24.3 Å². The Morgan fingerprint density at radius 3 is 2.29 bits per heavy atom. The average Bonchev–Trinajstić information content (AvgIpc) is 2.74. The highest BCUT2D eigenvalue weighted by molar-refractivity contribution is 6.45. The van der Waals surface area contributed by atoms with E-state index in [0.717, 1.165) is 18.8 Å². The highest BCUT2D eigenvalue weighted by Gasteiger charge is 2.22. The molecule has 4 N–H and O–H groups in total. The van der Waals surface area contributed by atoms with Crippen molar-refractivity contribution in [2.24, 2.45) is 10.8 Å².